The van der Waals surface area contributed by atoms with Crippen molar-refractivity contribution in [3.05, 3.63) is 0 Å². The second-order valence-electron chi connectivity index (χ2n) is 0.583. The van der Waals surface area contributed by atoms with Gasteiger partial charge in [0, 0.05) is 5.97 Å². The molecule has 0 aliphatic heterocycles. The van der Waals surface area contributed by atoms with Crippen LogP contribution in [0.25, 0.3) is 0 Å². The predicted molar refractivity (Wildman–Crippen MR) is 19.0 cm³/mol. The number of hydrogen-bond acceptors (Lipinski definition) is 3. The first kappa shape index (κ1) is 15.8. The van der Waals surface area contributed by atoms with Gasteiger partial charge in [-0.05, 0) is 6.92 Å². The molecule has 0 atom stereocenters. The fraction of sp³-hybridized carbons (Fsp3) is 0.333. The molecule has 0 aliphatic rings. The van der Waals surface area contributed by atoms with Crippen LogP contribution >= 0.6 is 0 Å². The van der Waals surface area contributed by atoms with Crippen LogP contribution in [0.1, 0.15) is 6.92 Å². The molecule has 0 bridgehead atoms. The van der Waals surface area contributed by atoms with Crippen molar-refractivity contribution in [2.24, 2.45) is 0 Å². The second-order valence-corrected chi connectivity index (χ2v) is 0.583. The summed E-state index contributed by atoms with van der Waals surface area (Å²) >= 11 is 0. The molecule has 0 aromatic carbocycles. The zero-order chi connectivity index (χ0) is 6.28. The number of carbonyl (C=O) groups excluding carboxylic acids is 1. The number of aliphatic hydroxyl groups excluding tert-OH is 1. The van der Waals surface area contributed by atoms with Gasteiger partial charge in [-0.2, -0.15) is 0 Å². The Balaban J connectivity index is -0.0000000575. The van der Waals surface area contributed by atoms with E-state index in [1.165, 1.54) is 0 Å². The van der Waals surface area contributed by atoms with Crippen LogP contribution in [-0.4, -0.2) is 17.5 Å². The third-order valence-corrected chi connectivity index (χ3v) is 0. The van der Waals surface area contributed by atoms with Gasteiger partial charge in [0.05, 0.1) is 0 Å². The topological polar surface area (TPSA) is 77.4 Å². The first-order chi connectivity index (χ1) is 3.15. The van der Waals surface area contributed by atoms with Crippen molar-refractivity contribution in [2.75, 3.05) is 0 Å². The Hall–Kier alpha value is 0.576. The Morgan fingerprint density at radius 1 is 1.75 bits per heavy atom. The molecule has 0 saturated carbocycles. The SMILES string of the molecule is CC(=O)[O-].O=[C-]O.[K+]. The van der Waals surface area contributed by atoms with Crippen LogP contribution in [0.2, 0.25) is 0 Å². The molecule has 0 amide bonds. The van der Waals surface area contributed by atoms with Crippen molar-refractivity contribution in [3.8, 4) is 0 Å². The van der Waals surface area contributed by atoms with Crippen molar-refractivity contribution in [2.45, 2.75) is 6.92 Å². The van der Waals surface area contributed by atoms with Crippen molar-refractivity contribution >= 4 is 12.4 Å². The number of carboxylic acids is 1. The average molecular weight is 143 g/mol. The van der Waals surface area contributed by atoms with Crippen LogP contribution in [0.3, 0.4) is 0 Å². The van der Waals surface area contributed by atoms with Gasteiger partial charge in [0.25, 0.3) is 0 Å². The summed E-state index contributed by atoms with van der Waals surface area (Å²) in [6, 6.07) is 0. The van der Waals surface area contributed by atoms with E-state index in [1.54, 1.807) is 0 Å². The van der Waals surface area contributed by atoms with Gasteiger partial charge >= 0.3 is 51.4 Å². The zero-order valence-corrected chi connectivity index (χ0v) is 7.80. The minimum Gasteiger partial charge on any atom is -0.665 e. The minimum atomic E-state index is -1.08. The monoisotopic (exact) mass is 143 g/mol. The van der Waals surface area contributed by atoms with Crippen LogP contribution in [-0.2, 0) is 9.59 Å². The first-order valence-electron chi connectivity index (χ1n) is 1.34. The molecule has 0 aromatic rings. The third-order valence-electron chi connectivity index (χ3n) is 0. The molecule has 0 spiro atoms. The van der Waals surface area contributed by atoms with Gasteiger partial charge in [-0.15, -0.1) is 0 Å². The molecule has 5 heteroatoms. The van der Waals surface area contributed by atoms with E-state index < -0.39 is 5.97 Å². The molecule has 0 unspecified atom stereocenters. The van der Waals surface area contributed by atoms with Crippen LogP contribution < -0.4 is 56.5 Å². The predicted octanol–water partition coefficient (Wildman–Crippen LogP) is -4.63. The van der Waals surface area contributed by atoms with Crippen LogP contribution in [0.15, 0.2) is 0 Å². The van der Waals surface area contributed by atoms with Gasteiger partial charge in [-0.1, -0.05) is 6.47 Å². The average Bonchev–Trinajstić information content (AvgIpc) is 1.33. The maximum absolute atomic E-state index is 8.89. The van der Waals surface area contributed by atoms with Gasteiger partial charge in [-0.25, -0.2) is 0 Å². The van der Waals surface area contributed by atoms with E-state index in [9.17, 15) is 0 Å². The Morgan fingerprint density at radius 3 is 1.75 bits per heavy atom. The molecular weight excluding hydrogens is 139 g/mol. The van der Waals surface area contributed by atoms with Gasteiger partial charge in [0.2, 0.25) is 0 Å². The van der Waals surface area contributed by atoms with Crippen LogP contribution in [0.4, 0.5) is 0 Å². The molecule has 0 aliphatic carbocycles. The summed E-state index contributed by atoms with van der Waals surface area (Å²) in [5.74, 6) is -1.08. The molecule has 42 valence electrons. The molecule has 1 N–H and O–H groups in total. The number of rotatable bonds is 0. The van der Waals surface area contributed by atoms with Crippen molar-refractivity contribution in [3.63, 3.8) is 0 Å². The first-order valence-corrected chi connectivity index (χ1v) is 1.34. The van der Waals surface area contributed by atoms with Gasteiger partial charge in [0.15, 0.2) is 0 Å². The second kappa shape index (κ2) is 15.6. The van der Waals surface area contributed by atoms with Crippen LogP contribution in [0, 0.1) is 0 Å². The summed E-state index contributed by atoms with van der Waals surface area (Å²) in [7, 11) is 0. The number of aliphatic carboxylic acids is 1. The van der Waals surface area contributed by atoms with Gasteiger partial charge < -0.3 is 19.8 Å². The molecule has 0 saturated heterocycles. The molecular formula is C3H4KO4-. The van der Waals surface area contributed by atoms with E-state index in [4.69, 9.17) is 19.8 Å². The number of hydrogen-bond donors (Lipinski definition) is 1. The van der Waals surface area contributed by atoms with E-state index in [0.29, 0.717) is 6.47 Å². The molecule has 8 heavy (non-hydrogen) atoms. The molecule has 0 aromatic heterocycles. The fourth-order valence-electron chi connectivity index (χ4n) is 0. The van der Waals surface area contributed by atoms with Gasteiger partial charge in [-0.3, -0.25) is 0 Å². The zero-order valence-electron chi connectivity index (χ0n) is 4.67. The molecule has 0 fully saturated rings. The summed E-state index contributed by atoms with van der Waals surface area (Å²) in [5, 5.41) is 15.7. The van der Waals surface area contributed by atoms with Crippen molar-refractivity contribution in [1.82, 2.24) is 0 Å². The van der Waals surface area contributed by atoms with Crippen molar-refractivity contribution in [1.29, 1.82) is 0 Å². The van der Waals surface area contributed by atoms with E-state index in [-0.39, 0.29) is 51.4 Å². The molecule has 0 heterocycles. The maximum atomic E-state index is 8.89. The number of carboxylic acid groups (broad SMARTS) is 1. The Kier molecular flexibility index (Phi) is 31.0. The fourth-order valence-corrected chi connectivity index (χ4v) is 0. The summed E-state index contributed by atoms with van der Waals surface area (Å²) in [6.07, 6.45) is 0. The largest absolute Gasteiger partial charge is 1.00 e. The third kappa shape index (κ3) is 616. The van der Waals surface area contributed by atoms with E-state index in [2.05, 4.69) is 0 Å². The standard InChI is InChI=1S/C2H4O2.CHO2.K/c1-2(3)4;2-1-3;/h1H3,(H,3,4);(H,2,3);/q;-1;+1/p-1. The summed E-state index contributed by atoms with van der Waals surface area (Å²) in [4.78, 5) is 17.1. The summed E-state index contributed by atoms with van der Waals surface area (Å²) < 4.78 is 0. The molecule has 0 radical (unpaired) electrons. The van der Waals surface area contributed by atoms with Gasteiger partial charge in [0.1, 0.15) is 0 Å². The quantitative estimate of drug-likeness (QED) is 0.273. The van der Waals surface area contributed by atoms with E-state index in [0.717, 1.165) is 6.92 Å². The van der Waals surface area contributed by atoms with Crippen LogP contribution in [0.5, 0.6) is 0 Å². The normalized spacial score (nSPS) is 4.62. The Morgan fingerprint density at radius 2 is 1.75 bits per heavy atom. The summed E-state index contributed by atoms with van der Waals surface area (Å²) in [6.45, 7) is 1.47. The molecule has 4 nitrogen and oxygen atoms in total. The minimum absolute atomic E-state index is 0. The Bertz CT molecular complexity index is 58.3. The number of carbonyl (C=O) groups is 1. The Labute approximate surface area is 89.3 Å². The maximum Gasteiger partial charge on any atom is 1.00 e. The smallest absolute Gasteiger partial charge is 0.665 e. The van der Waals surface area contributed by atoms with E-state index in [1.807, 2.05) is 0 Å². The van der Waals surface area contributed by atoms with Crippen molar-refractivity contribution < 1.29 is 71.2 Å². The summed E-state index contributed by atoms with van der Waals surface area (Å²) in [5.41, 5.74) is 0. The van der Waals surface area contributed by atoms with E-state index >= 15 is 0 Å². The molecule has 0 rings (SSSR count).